The number of hydrogen-bond acceptors (Lipinski definition) is 3. The van der Waals surface area contributed by atoms with Crippen LogP contribution in [0, 0.1) is 5.92 Å². The zero-order valence-corrected chi connectivity index (χ0v) is 16.6. The van der Waals surface area contributed by atoms with Crippen LogP contribution in [0.4, 0.5) is 5.69 Å². The second-order valence-electron chi connectivity index (χ2n) is 7.36. The van der Waals surface area contributed by atoms with Crippen molar-refractivity contribution in [1.29, 1.82) is 0 Å². The number of benzene rings is 2. The van der Waals surface area contributed by atoms with Gasteiger partial charge in [-0.15, -0.1) is 0 Å². The molecule has 1 fully saturated rings. The lowest BCUT2D eigenvalue weighted by Gasteiger charge is -2.36. The number of amides is 1. The third-order valence-electron chi connectivity index (χ3n) is 4.87. The zero-order chi connectivity index (χ0) is 19.3. The van der Waals surface area contributed by atoms with E-state index < -0.39 is 5.41 Å². The molecule has 3 rings (SSSR count). The van der Waals surface area contributed by atoms with E-state index in [0.29, 0.717) is 43.6 Å². The highest BCUT2D eigenvalue weighted by Crippen LogP contribution is 2.39. The van der Waals surface area contributed by atoms with E-state index in [0.717, 1.165) is 17.0 Å². The van der Waals surface area contributed by atoms with E-state index in [1.54, 1.807) is 0 Å². The topological polar surface area (TPSA) is 47.6 Å². The number of anilines is 1. The van der Waals surface area contributed by atoms with Crippen molar-refractivity contribution in [2.45, 2.75) is 32.1 Å². The molecule has 0 atom stereocenters. The molecule has 4 nitrogen and oxygen atoms in total. The second-order valence-corrected chi connectivity index (χ2v) is 7.76. The van der Waals surface area contributed by atoms with Crippen LogP contribution in [-0.2, 0) is 14.9 Å². The van der Waals surface area contributed by atoms with Gasteiger partial charge in [-0.25, -0.2) is 0 Å². The standard InChI is InChI=1S/C22H26ClNO3/c1-16(2)15-27-18-9-7-17(8-10-18)24-21(25)22(11-13-26-14-12-22)19-5-3-4-6-20(19)23/h3-10,16H,11-15H2,1-2H3,(H,24,25). The van der Waals surface area contributed by atoms with Gasteiger partial charge in [-0.3, -0.25) is 4.79 Å². The van der Waals surface area contributed by atoms with Crippen molar-refractivity contribution >= 4 is 23.2 Å². The molecule has 1 aliphatic rings. The van der Waals surface area contributed by atoms with Gasteiger partial charge in [-0.2, -0.15) is 0 Å². The molecule has 0 spiro atoms. The summed E-state index contributed by atoms with van der Waals surface area (Å²) in [6.07, 6.45) is 1.22. The minimum Gasteiger partial charge on any atom is -0.493 e. The Morgan fingerprint density at radius 2 is 1.81 bits per heavy atom. The molecule has 0 unspecified atom stereocenters. The maximum Gasteiger partial charge on any atom is 0.235 e. The third-order valence-corrected chi connectivity index (χ3v) is 5.20. The molecule has 0 aromatic heterocycles. The Labute approximate surface area is 165 Å². The smallest absolute Gasteiger partial charge is 0.235 e. The Hall–Kier alpha value is -2.04. The molecule has 2 aromatic rings. The van der Waals surface area contributed by atoms with Gasteiger partial charge in [0.25, 0.3) is 0 Å². The van der Waals surface area contributed by atoms with Gasteiger partial charge in [0.15, 0.2) is 0 Å². The summed E-state index contributed by atoms with van der Waals surface area (Å²) >= 11 is 6.44. The summed E-state index contributed by atoms with van der Waals surface area (Å²) in [7, 11) is 0. The van der Waals surface area contributed by atoms with E-state index in [9.17, 15) is 4.79 Å². The predicted octanol–water partition coefficient (Wildman–Crippen LogP) is 5.06. The minimum atomic E-state index is -0.677. The van der Waals surface area contributed by atoms with E-state index in [2.05, 4.69) is 19.2 Å². The summed E-state index contributed by atoms with van der Waals surface area (Å²) in [4.78, 5) is 13.3. The van der Waals surface area contributed by atoms with E-state index in [1.807, 2.05) is 48.5 Å². The summed E-state index contributed by atoms with van der Waals surface area (Å²) in [6, 6.07) is 15.1. The van der Waals surface area contributed by atoms with Crippen LogP contribution >= 0.6 is 11.6 Å². The van der Waals surface area contributed by atoms with Gasteiger partial charge in [-0.1, -0.05) is 43.6 Å². The van der Waals surface area contributed by atoms with Gasteiger partial charge in [-0.05, 0) is 54.7 Å². The second kappa shape index (κ2) is 8.77. The summed E-state index contributed by atoms with van der Waals surface area (Å²) in [5, 5.41) is 3.68. The molecule has 0 radical (unpaired) electrons. The monoisotopic (exact) mass is 387 g/mol. The first kappa shape index (κ1) is 19.7. The van der Waals surface area contributed by atoms with Crippen LogP contribution in [0.25, 0.3) is 0 Å². The Morgan fingerprint density at radius 3 is 2.44 bits per heavy atom. The first-order valence-electron chi connectivity index (χ1n) is 9.38. The predicted molar refractivity (Wildman–Crippen MR) is 109 cm³/mol. The SMILES string of the molecule is CC(C)COc1ccc(NC(=O)C2(c3ccccc3Cl)CCOCC2)cc1. The van der Waals surface area contributed by atoms with Crippen LogP contribution in [0.15, 0.2) is 48.5 Å². The normalized spacial score (nSPS) is 16.1. The van der Waals surface area contributed by atoms with Gasteiger partial charge in [0, 0.05) is 23.9 Å². The number of hydrogen-bond donors (Lipinski definition) is 1. The van der Waals surface area contributed by atoms with Crippen molar-refractivity contribution in [3.05, 3.63) is 59.1 Å². The third kappa shape index (κ3) is 4.63. The Bertz CT molecular complexity index is 767. The average Bonchev–Trinajstić information content (AvgIpc) is 2.68. The summed E-state index contributed by atoms with van der Waals surface area (Å²) < 4.78 is 11.2. The Kier molecular flexibility index (Phi) is 6.40. The van der Waals surface area contributed by atoms with Crippen LogP contribution < -0.4 is 10.1 Å². The highest BCUT2D eigenvalue weighted by molar-refractivity contribution is 6.31. The molecular weight excluding hydrogens is 362 g/mol. The maximum atomic E-state index is 13.3. The van der Waals surface area contributed by atoms with Crippen LogP contribution in [-0.4, -0.2) is 25.7 Å². The Morgan fingerprint density at radius 1 is 1.15 bits per heavy atom. The van der Waals surface area contributed by atoms with Crippen LogP contribution in [0.1, 0.15) is 32.3 Å². The van der Waals surface area contributed by atoms with E-state index >= 15 is 0 Å². The molecule has 1 aliphatic heterocycles. The van der Waals surface area contributed by atoms with E-state index in [4.69, 9.17) is 21.1 Å². The first-order chi connectivity index (χ1) is 13.0. The molecule has 144 valence electrons. The van der Waals surface area contributed by atoms with Gasteiger partial charge in [0.1, 0.15) is 5.75 Å². The maximum absolute atomic E-state index is 13.3. The fourth-order valence-corrected chi connectivity index (χ4v) is 3.65. The molecule has 27 heavy (non-hydrogen) atoms. The molecule has 0 saturated carbocycles. The molecule has 1 saturated heterocycles. The lowest BCUT2D eigenvalue weighted by molar-refractivity contribution is -0.125. The van der Waals surface area contributed by atoms with Crippen LogP contribution in [0.3, 0.4) is 0 Å². The highest BCUT2D eigenvalue weighted by atomic mass is 35.5. The molecule has 0 aliphatic carbocycles. The van der Waals surface area contributed by atoms with E-state index in [-0.39, 0.29) is 5.91 Å². The number of carbonyl (C=O) groups excluding carboxylic acids is 1. The van der Waals surface area contributed by atoms with E-state index in [1.165, 1.54) is 0 Å². The summed E-state index contributed by atoms with van der Waals surface area (Å²) in [5.41, 5.74) is 0.933. The molecular formula is C22H26ClNO3. The van der Waals surface area contributed by atoms with Crippen molar-refractivity contribution in [2.24, 2.45) is 5.92 Å². The van der Waals surface area contributed by atoms with Gasteiger partial charge < -0.3 is 14.8 Å². The van der Waals surface area contributed by atoms with Gasteiger partial charge in [0.05, 0.1) is 12.0 Å². The lowest BCUT2D eigenvalue weighted by Crippen LogP contribution is -2.45. The highest BCUT2D eigenvalue weighted by Gasteiger charge is 2.43. The summed E-state index contributed by atoms with van der Waals surface area (Å²) in [5.74, 6) is 1.22. The number of carbonyl (C=O) groups is 1. The number of halogens is 1. The lowest BCUT2D eigenvalue weighted by atomic mass is 9.73. The summed E-state index contributed by atoms with van der Waals surface area (Å²) in [6.45, 7) is 5.97. The van der Waals surface area contributed by atoms with Crippen molar-refractivity contribution in [3.8, 4) is 5.75 Å². The van der Waals surface area contributed by atoms with Crippen LogP contribution in [0.5, 0.6) is 5.75 Å². The fraction of sp³-hybridized carbons (Fsp3) is 0.409. The molecule has 1 N–H and O–H groups in total. The van der Waals surface area contributed by atoms with Crippen LogP contribution in [0.2, 0.25) is 5.02 Å². The fourth-order valence-electron chi connectivity index (χ4n) is 3.34. The molecule has 5 heteroatoms. The quantitative estimate of drug-likeness (QED) is 0.753. The number of ether oxygens (including phenoxy) is 2. The van der Waals surface area contributed by atoms with Gasteiger partial charge >= 0.3 is 0 Å². The zero-order valence-electron chi connectivity index (χ0n) is 15.8. The Balaban J connectivity index is 1.78. The molecule has 1 heterocycles. The molecule has 0 bridgehead atoms. The van der Waals surface area contributed by atoms with Crippen molar-refractivity contribution in [1.82, 2.24) is 0 Å². The number of nitrogens with one attached hydrogen (secondary N) is 1. The minimum absolute atomic E-state index is 0.0465. The molecule has 2 aromatic carbocycles. The van der Waals surface area contributed by atoms with Crippen molar-refractivity contribution < 1.29 is 14.3 Å². The first-order valence-corrected chi connectivity index (χ1v) is 9.76. The van der Waals surface area contributed by atoms with Crippen molar-refractivity contribution in [2.75, 3.05) is 25.1 Å². The molecule has 1 amide bonds. The van der Waals surface area contributed by atoms with Crippen molar-refractivity contribution in [3.63, 3.8) is 0 Å². The van der Waals surface area contributed by atoms with Gasteiger partial charge in [0.2, 0.25) is 5.91 Å². The average molecular weight is 388 g/mol. The largest absolute Gasteiger partial charge is 0.493 e. The number of rotatable bonds is 6.